The summed E-state index contributed by atoms with van der Waals surface area (Å²) in [6.45, 7) is 18.1. The first kappa shape index (κ1) is 35.5. The maximum Gasteiger partial charge on any atom is 0.187 e. The van der Waals surface area contributed by atoms with Gasteiger partial charge >= 0.3 is 0 Å². The van der Waals surface area contributed by atoms with Crippen molar-refractivity contribution in [3.05, 3.63) is 164 Å². The first-order chi connectivity index (χ1) is 23.7. The van der Waals surface area contributed by atoms with Gasteiger partial charge in [-0.05, 0) is 38.0 Å². The van der Waals surface area contributed by atoms with Crippen molar-refractivity contribution < 1.29 is 0 Å². The van der Waals surface area contributed by atoms with Crippen LogP contribution in [0.2, 0.25) is 0 Å². The van der Waals surface area contributed by atoms with Crippen LogP contribution in [-0.2, 0) is 19.3 Å². The maximum atomic E-state index is 7.06. The van der Waals surface area contributed by atoms with Crippen LogP contribution < -0.4 is 0 Å². The van der Waals surface area contributed by atoms with Crippen LogP contribution in [0.4, 0.5) is 11.4 Å². The third-order valence-corrected chi connectivity index (χ3v) is 8.78. The highest BCUT2D eigenvalue weighted by Crippen LogP contribution is 2.24. The van der Waals surface area contributed by atoms with Gasteiger partial charge in [0.15, 0.2) is 16.4 Å². The van der Waals surface area contributed by atoms with Crippen LogP contribution >= 0.6 is 22.7 Å². The second kappa shape index (κ2) is 20.0. The van der Waals surface area contributed by atoms with E-state index in [1.807, 2.05) is 98.1 Å². The van der Waals surface area contributed by atoms with E-state index < -0.39 is 0 Å². The zero-order valence-corrected chi connectivity index (χ0v) is 29.0. The number of aromatic nitrogens is 2. The molecule has 0 radical (unpaired) electrons. The number of hydrogen-bond donors (Lipinski definition) is 0. The van der Waals surface area contributed by atoms with Gasteiger partial charge in [-0.1, -0.05) is 140 Å². The van der Waals surface area contributed by atoms with E-state index in [0.29, 0.717) is 5.69 Å². The number of aryl methyl sites for hydroxylation is 3. The van der Waals surface area contributed by atoms with E-state index in [9.17, 15) is 0 Å². The highest BCUT2D eigenvalue weighted by atomic mass is 32.1. The first-order valence-corrected chi connectivity index (χ1v) is 17.9. The van der Waals surface area contributed by atoms with Crippen LogP contribution in [0.3, 0.4) is 0 Å². The predicted octanol–water partition coefficient (Wildman–Crippen LogP) is 12.3. The van der Waals surface area contributed by atoms with E-state index in [1.165, 1.54) is 16.1 Å². The van der Waals surface area contributed by atoms with Crippen molar-refractivity contribution in [2.45, 2.75) is 52.4 Å². The van der Waals surface area contributed by atoms with Crippen LogP contribution in [0.1, 0.15) is 54.3 Å². The molecular formula is C42H38N4S2. The number of unbranched alkanes of at least 4 members (excludes halogenated alkanes) is 1. The molecule has 2 aromatic heterocycles. The molecule has 4 nitrogen and oxygen atoms in total. The first-order valence-electron chi connectivity index (χ1n) is 16.1. The third-order valence-electron chi connectivity index (χ3n) is 7.11. The average Bonchev–Trinajstić information content (AvgIpc) is 3.85. The number of nitrogens with zero attached hydrogens (tertiary/aromatic N) is 4. The number of rotatable bonds is 9. The molecule has 0 atom stereocenters. The molecule has 0 unspecified atom stereocenters. The molecule has 6 rings (SSSR count). The molecule has 0 N–H and O–H groups in total. The summed E-state index contributed by atoms with van der Waals surface area (Å²) in [6, 6.07) is 36.1. The smallest absolute Gasteiger partial charge is 0.187 e. The summed E-state index contributed by atoms with van der Waals surface area (Å²) in [4.78, 5) is 16.2. The van der Waals surface area contributed by atoms with Crippen molar-refractivity contribution in [2.24, 2.45) is 0 Å². The van der Waals surface area contributed by atoms with Gasteiger partial charge in [0.1, 0.15) is 0 Å². The molecule has 0 bridgehead atoms. The van der Waals surface area contributed by atoms with Crippen molar-refractivity contribution >= 4 is 34.0 Å². The highest BCUT2D eigenvalue weighted by Gasteiger charge is 2.05. The molecule has 48 heavy (non-hydrogen) atoms. The summed E-state index contributed by atoms with van der Waals surface area (Å²) in [6.07, 6.45) is 5.93. The molecule has 0 aliphatic heterocycles. The lowest BCUT2D eigenvalue weighted by molar-refractivity contribution is 0.732. The lowest BCUT2D eigenvalue weighted by Gasteiger charge is -2.01. The normalized spacial score (nSPS) is 9.75. The van der Waals surface area contributed by atoms with E-state index >= 15 is 0 Å². The number of benzene rings is 4. The molecule has 0 aliphatic carbocycles. The second-order valence-corrected chi connectivity index (χ2v) is 12.3. The monoisotopic (exact) mass is 662 g/mol. The lowest BCUT2D eigenvalue weighted by atomic mass is 10.1. The summed E-state index contributed by atoms with van der Waals surface area (Å²) in [5.74, 6) is 6.30. The fourth-order valence-electron chi connectivity index (χ4n) is 4.75. The number of thiazole rings is 2. The summed E-state index contributed by atoms with van der Waals surface area (Å²) in [5, 5.41) is 6.24. The fourth-order valence-corrected chi connectivity index (χ4v) is 6.30. The molecule has 6 heteroatoms. The minimum Gasteiger partial charge on any atom is -0.241 e. The van der Waals surface area contributed by atoms with Crippen molar-refractivity contribution in [1.82, 2.24) is 9.97 Å². The Hall–Kier alpha value is -5.32. The van der Waals surface area contributed by atoms with Crippen LogP contribution in [0.15, 0.2) is 120 Å². The molecule has 238 valence electrons. The van der Waals surface area contributed by atoms with E-state index in [-0.39, 0.29) is 0 Å². The molecule has 0 aliphatic rings. The minimum absolute atomic E-state index is 0.683. The Kier molecular flexibility index (Phi) is 14.8. The molecule has 6 aromatic rings. The van der Waals surface area contributed by atoms with Gasteiger partial charge in [-0.3, -0.25) is 0 Å². The van der Waals surface area contributed by atoms with Crippen molar-refractivity contribution in [3.8, 4) is 34.4 Å². The molecule has 0 saturated heterocycles. The van der Waals surface area contributed by atoms with E-state index in [2.05, 4.69) is 62.2 Å². The van der Waals surface area contributed by atoms with Crippen molar-refractivity contribution in [1.29, 1.82) is 0 Å². The Balaban J connectivity index is 0.000000206. The van der Waals surface area contributed by atoms with E-state index in [1.54, 1.807) is 22.7 Å². The molecule has 4 aromatic carbocycles. The Morgan fingerprint density at radius 1 is 0.604 bits per heavy atom. The average molecular weight is 663 g/mol. The van der Waals surface area contributed by atoms with E-state index in [0.717, 1.165) is 71.7 Å². The zero-order chi connectivity index (χ0) is 33.8. The minimum atomic E-state index is 0.683. The molecule has 0 amide bonds. The predicted molar refractivity (Wildman–Crippen MR) is 204 cm³/mol. The van der Waals surface area contributed by atoms with Crippen molar-refractivity contribution in [2.75, 3.05) is 0 Å². The summed E-state index contributed by atoms with van der Waals surface area (Å²) in [7, 11) is 0. The lowest BCUT2D eigenvalue weighted by Crippen LogP contribution is -1.89. The molecule has 0 spiro atoms. The Bertz CT molecular complexity index is 1980. The largest absolute Gasteiger partial charge is 0.241 e. The third kappa shape index (κ3) is 11.5. The van der Waals surface area contributed by atoms with Gasteiger partial charge in [-0.2, -0.15) is 0 Å². The topological polar surface area (TPSA) is 34.5 Å². The maximum absolute atomic E-state index is 7.06. The molecule has 2 heterocycles. The summed E-state index contributed by atoms with van der Waals surface area (Å²) < 4.78 is 0. The van der Waals surface area contributed by atoms with Crippen LogP contribution in [0, 0.1) is 25.0 Å². The number of hydrogen-bond acceptors (Lipinski definition) is 4. The van der Waals surface area contributed by atoms with Crippen LogP contribution in [-0.4, -0.2) is 9.97 Å². The Labute approximate surface area is 293 Å². The van der Waals surface area contributed by atoms with Gasteiger partial charge in [0, 0.05) is 28.3 Å². The molecule has 0 fully saturated rings. The summed E-state index contributed by atoms with van der Waals surface area (Å²) >= 11 is 3.32. The van der Waals surface area contributed by atoms with Gasteiger partial charge in [-0.25, -0.2) is 19.7 Å². The van der Waals surface area contributed by atoms with Crippen LogP contribution in [0.5, 0.6) is 0 Å². The Morgan fingerprint density at radius 2 is 1.15 bits per heavy atom. The van der Waals surface area contributed by atoms with Gasteiger partial charge in [0.05, 0.1) is 29.5 Å². The fraction of sp³-hybridized carbons (Fsp3) is 0.190. The quantitative estimate of drug-likeness (QED) is 0.0877. The molecule has 0 saturated carbocycles. The van der Waals surface area contributed by atoms with Gasteiger partial charge in [0.2, 0.25) is 0 Å². The SMILES string of the molecule is CC.[C-]#[N+]c1cccc(CCC#Cc2nc(-c3ccccc3)cs2)c1.[C-]#[N+]c1cccc(CCCCc2nc(-c3ccccc3)cs2)c1. The van der Waals surface area contributed by atoms with Crippen molar-refractivity contribution in [3.63, 3.8) is 0 Å². The highest BCUT2D eigenvalue weighted by molar-refractivity contribution is 7.10. The standard InChI is InChI=1S/C20H18N2S.C20H14N2S.C2H6/c2*1-21-18-12-7-9-16(14-18)8-5-6-13-20-22-19(15-23-20)17-10-3-2-4-11-17;1-2/h2-4,7,9-12,14-15H,5-6,8,13H2;2-4,7,9-12,14-15H,5,8H2;1-2H3. The Morgan fingerprint density at radius 3 is 1.75 bits per heavy atom. The second-order valence-electron chi connectivity index (χ2n) is 10.5. The van der Waals surface area contributed by atoms with Crippen LogP contribution in [0.25, 0.3) is 32.2 Å². The van der Waals surface area contributed by atoms with E-state index in [4.69, 9.17) is 18.1 Å². The van der Waals surface area contributed by atoms with Gasteiger partial charge in [0.25, 0.3) is 0 Å². The summed E-state index contributed by atoms with van der Waals surface area (Å²) in [5.41, 5.74) is 8.18. The van der Waals surface area contributed by atoms with Gasteiger partial charge in [-0.15, -0.1) is 22.7 Å². The zero-order valence-electron chi connectivity index (χ0n) is 27.4. The molecular weight excluding hydrogens is 625 g/mol. The van der Waals surface area contributed by atoms with Gasteiger partial charge < -0.3 is 0 Å².